The van der Waals surface area contributed by atoms with Gasteiger partial charge in [0.25, 0.3) is 11.8 Å². The lowest BCUT2D eigenvalue weighted by Crippen LogP contribution is -2.44. The van der Waals surface area contributed by atoms with E-state index < -0.39 is 0 Å². The van der Waals surface area contributed by atoms with Crippen molar-refractivity contribution in [2.45, 2.75) is 6.92 Å². The minimum absolute atomic E-state index is 0. The van der Waals surface area contributed by atoms with Crippen LogP contribution in [0, 0.1) is 30.6 Å². The first-order valence-electron chi connectivity index (χ1n) is 11.5. The highest BCUT2D eigenvalue weighted by atomic mass is 16.2. The third kappa shape index (κ3) is 2.76. The van der Waals surface area contributed by atoms with E-state index in [2.05, 4.69) is 45.5 Å². The van der Waals surface area contributed by atoms with E-state index in [1.807, 2.05) is 34.1 Å². The van der Waals surface area contributed by atoms with Crippen molar-refractivity contribution in [3.05, 3.63) is 59.3 Å². The van der Waals surface area contributed by atoms with Crippen LogP contribution < -0.4 is 0 Å². The van der Waals surface area contributed by atoms with Gasteiger partial charge in [0.05, 0.1) is 0 Å². The summed E-state index contributed by atoms with van der Waals surface area (Å²) in [5.74, 6) is 2.09. The molecule has 3 aliphatic rings. The summed E-state index contributed by atoms with van der Waals surface area (Å²) in [5.41, 5.74) is 4.99. The summed E-state index contributed by atoms with van der Waals surface area (Å²) in [4.78, 5) is 33.6. The van der Waals surface area contributed by atoms with Crippen molar-refractivity contribution < 1.29 is 12.4 Å². The summed E-state index contributed by atoms with van der Waals surface area (Å²) in [6.45, 7) is 5.17. The number of aryl methyl sites for hydroxylation is 1. The van der Waals surface area contributed by atoms with Crippen molar-refractivity contribution in [1.82, 2.24) is 30.2 Å². The molecular formula is C25H28N6O2. The van der Waals surface area contributed by atoms with Crippen molar-refractivity contribution >= 4 is 33.8 Å². The number of fused-ring (bicyclic) bond motifs is 6. The first-order valence-corrected chi connectivity index (χ1v) is 11.5. The monoisotopic (exact) mass is 444 g/mol. The lowest BCUT2D eigenvalue weighted by Gasteiger charge is -2.42. The number of carbonyl (C=O) groups excluding carboxylic acids is 2. The van der Waals surface area contributed by atoms with E-state index in [0.717, 1.165) is 42.6 Å². The molecule has 2 aromatic heterocycles. The number of benzene rings is 2. The van der Waals surface area contributed by atoms with E-state index in [0.29, 0.717) is 40.4 Å². The van der Waals surface area contributed by atoms with Crippen molar-refractivity contribution in [1.29, 1.82) is 0 Å². The zero-order valence-corrected chi connectivity index (χ0v) is 18.3. The quantitative estimate of drug-likeness (QED) is 0.496. The molecule has 2 aromatic carbocycles. The van der Waals surface area contributed by atoms with E-state index in [1.54, 1.807) is 0 Å². The van der Waals surface area contributed by atoms with Crippen molar-refractivity contribution in [2.24, 2.45) is 23.7 Å². The van der Waals surface area contributed by atoms with Gasteiger partial charge in [0.1, 0.15) is 16.7 Å². The van der Waals surface area contributed by atoms with Gasteiger partial charge in [-0.2, -0.15) is 15.4 Å². The molecule has 4 atom stereocenters. The maximum atomic E-state index is 13.2. The molecule has 1 aliphatic carbocycles. The number of aromatic nitrogens is 4. The highest BCUT2D eigenvalue weighted by molar-refractivity contribution is 5.99. The second-order valence-corrected chi connectivity index (χ2v) is 9.88. The number of hydrogen-bond acceptors (Lipinski definition) is 4. The van der Waals surface area contributed by atoms with Gasteiger partial charge in [-0.25, -0.2) is 0 Å². The van der Waals surface area contributed by atoms with Gasteiger partial charge in [-0.1, -0.05) is 12.1 Å². The molecule has 0 spiro atoms. The molecule has 4 heterocycles. The molecule has 2 aliphatic heterocycles. The smallest absolute Gasteiger partial charge is 0.270 e. The van der Waals surface area contributed by atoms with Gasteiger partial charge in [0, 0.05) is 45.5 Å². The first kappa shape index (κ1) is 18.8. The van der Waals surface area contributed by atoms with Gasteiger partial charge >= 0.3 is 0 Å². The predicted octanol–water partition coefficient (Wildman–Crippen LogP) is 3.33. The molecule has 170 valence electrons. The fraction of sp³-hybridized carbons (Fsp3) is 0.360. The molecule has 1 saturated carbocycles. The van der Waals surface area contributed by atoms with Crippen LogP contribution in [-0.4, -0.2) is 68.2 Å². The molecule has 0 bridgehead atoms. The van der Waals surface area contributed by atoms with Crippen LogP contribution in [0.1, 0.15) is 29.3 Å². The number of aromatic amines is 2. The van der Waals surface area contributed by atoms with Crippen LogP contribution in [0.2, 0.25) is 0 Å². The lowest BCUT2D eigenvalue weighted by molar-refractivity contribution is 0.0629. The van der Waals surface area contributed by atoms with Gasteiger partial charge in [-0.15, -0.1) is 0 Å². The van der Waals surface area contributed by atoms with E-state index in [1.165, 1.54) is 5.56 Å². The average Bonchev–Trinajstić information content (AvgIpc) is 3.59. The number of hydrogen-bond donors (Lipinski definition) is 2. The molecule has 8 nitrogen and oxygen atoms in total. The SMILES string of the molecule is Cc1ccc2cc(C(=O)N3CC4C(C3)[C@@H]3CN(C(=O)c5ccc6n[nH]nc6c5)C[C@H]43)[nH]c2c1.[HH].[HH]. The summed E-state index contributed by atoms with van der Waals surface area (Å²) in [5, 5.41) is 11.8. The summed E-state index contributed by atoms with van der Waals surface area (Å²) >= 11 is 0. The number of carbonyl (C=O) groups is 2. The van der Waals surface area contributed by atoms with Crippen LogP contribution in [0.4, 0.5) is 0 Å². The average molecular weight is 445 g/mol. The number of nitrogens with one attached hydrogen (secondary N) is 2. The molecule has 2 amide bonds. The minimum atomic E-state index is 0. The maximum absolute atomic E-state index is 13.2. The Morgan fingerprint density at radius 2 is 1.52 bits per heavy atom. The Morgan fingerprint density at radius 1 is 0.848 bits per heavy atom. The van der Waals surface area contributed by atoms with Crippen molar-refractivity contribution in [3.63, 3.8) is 0 Å². The Kier molecular flexibility index (Phi) is 3.81. The topological polar surface area (TPSA) is 98.0 Å². The number of nitrogens with zero attached hydrogens (tertiary/aromatic N) is 4. The lowest BCUT2D eigenvalue weighted by atomic mass is 9.60. The van der Waals surface area contributed by atoms with Crippen LogP contribution >= 0.6 is 0 Å². The summed E-state index contributed by atoms with van der Waals surface area (Å²) in [6.07, 6.45) is 0. The normalized spacial score (nSPS) is 26.0. The van der Waals surface area contributed by atoms with Gasteiger partial charge in [0.2, 0.25) is 0 Å². The Balaban J connectivity index is 0.00000127. The van der Waals surface area contributed by atoms with Crippen LogP contribution in [0.25, 0.3) is 21.9 Å². The number of amides is 2. The molecular weight excluding hydrogens is 416 g/mol. The molecule has 2 saturated heterocycles. The fourth-order valence-electron chi connectivity index (χ4n) is 6.39. The highest BCUT2D eigenvalue weighted by Gasteiger charge is 2.59. The third-order valence-electron chi connectivity index (χ3n) is 8.07. The maximum Gasteiger partial charge on any atom is 0.270 e. The van der Waals surface area contributed by atoms with Crippen molar-refractivity contribution in [2.75, 3.05) is 26.2 Å². The largest absolute Gasteiger partial charge is 0.351 e. The molecule has 8 heteroatoms. The standard InChI is InChI=1S/C25H24N6O2.2H2/c1-13-2-3-14-7-23(26-21(14)6-13)25(33)31-11-18-16-9-30(10-17(16)19(18)12-31)24(32)15-4-5-20-22(8-15)28-29-27-20;;/h2-8,16-19,26H,9-12H2,1H3,(H,27,28,29);2*1H/t16-,17+,18?,19?;;. The van der Waals surface area contributed by atoms with E-state index in [4.69, 9.17) is 0 Å². The van der Waals surface area contributed by atoms with Gasteiger partial charge in [-0.05, 0) is 66.5 Å². The molecule has 7 rings (SSSR count). The Labute approximate surface area is 192 Å². The number of H-pyrrole nitrogens is 2. The molecule has 0 radical (unpaired) electrons. The van der Waals surface area contributed by atoms with E-state index in [9.17, 15) is 9.59 Å². The minimum Gasteiger partial charge on any atom is -0.351 e. The van der Waals surface area contributed by atoms with Crippen LogP contribution in [-0.2, 0) is 0 Å². The zero-order valence-electron chi connectivity index (χ0n) is 18.3. The molecule has 3 fully saturated rings. The number of likely N-dealkylation sites (tertiary alicyclic amines) is 2. The van der Waals surface area contributed by atoms with Crippen LogP contribution in [0.15, 0.2) is 42.5 Å². The summed E-state index contributed by atoms with van der Waals surface area (Å²) < 4.78 is 0. The van der Waals surface area contributed by atoms with E-state index in [-0.39, 0.29) is 14.7 Å². The second kappa shape index (κ2) is 6.66. The van der Waals surface area contributed by atoms with Crippen LogP contribution in [0.5, 0.6) is 0 Å². The highest BCUT2D eigenvalue weighted by Crippen LogP contribution is 2.54. The molecule has 4 aromatic rings. The van der Waals surface area contributed by atoms with Crippen molar-refractivity contribution in [3.8, 4) is 0 Å². The molecule has 2 N–H and O–H groups in total. The van der Waals surface area contributed by atoms with Gasteiger partial charge in [-0.3, -0.25) is 9.59 Å². The molecule has 33 heavy (non-hydrogen) atoms. The van der Waals surface area contributed by atoms with Crippen LogP contribution in [0.3, 0.4) is 0 Å². The molecule has 2 unspecified atom stereocenters. The Hall–Kier alpha value is -3.68. The predicted molar refractivity (Wildman–Crippen MR) is 127 cm³/mol. The second-order valence-electron chi connectivity index (χ2n) is 9.88. The fourth-order valence-corrected chi connectivity index (χ4v) is 6.39. The number of rotatable bonds is 2. The van der Waals surface area contributed by atoms with E-state index >= 15 is 0 Å². The first-order chi connectivity index (χ1) is 16.0. The summed E-state index contributed by atoms with van der Waals surface area (Å²) in [6, 6.07) is 13.6. The Bertz CT molecular complexity index is 1430. The summed E-state index contributed by atoms with van der Waals surface area (Å²) in [7, 11) is 0. The Morgan fingerprint density at radius 3 is 2.24 bits per heavy atom. The van der Waals surface area contributed by atoms with Gasteiger partial charge in [0.15, 0.2) is 0 Å². The van der Waals surface area contributed by atoms with Gasteiger partial charge < -0.3 is 14.8 Å². The third-order valence-corrected chi connectivity index (χ3v) is 8.07. The zero-order chi connectivity index (χ0) is 22.3.